The number of hydrogen-bond donors (Lipinski definition) is 1. The second-order valence-electron chi connectivity index (χ2n) is 6.76. The van der Waals surface area contributed by atoms with Crippen LogP contribution in [0.1, 0.15) is 62.1 Å². The van der Waals surface area contributed by atoms with E-state index in [4.69, 9.17) is 0 Å². The monoisotopic (exact) mass is 317 g/mol. The predicted octanol–water partition coefficient (Wildman–Crippen LogP) is 5.25. The van der Waals surface area contributed by atoms with Crippen LogP contribution in [0.5, 0.6) is 0 Å². The zero-order valence-corrected chi connectivity index (χ0v) is 14.6. The molecule has 1 fully saturated rings. The molecule has 0 aromatic heterocycles. The summed E-state index contributed by atoms with van der Waals surface area (Å²) in [5, 5.41) is 3.79. The molecule has 1 aliphatic rings. The van der Waals surface area contributed by atoms with Gasteiger partial charge in [-0.05, 0) is 55.6 Å². The molecule has 1 heteroatoms. The fourth-order valence-corrected chi connectivity index (χ4v) is 3.11. The summed E-state index contributed by atoms with van der Waals surface area (Å²) in [7, 11) is 0. The summed E-state index contributed by atoms with van der Waals surface area (Å²) in [6, 6.07) is 19.0. The Hall–Kier alpha value is -2.04. The van der Waals surface area contributed by atoms with Gasteiger partial charge in [0.25, 0.3) is 0 Å². The number of benzene rings is 2. The molecule has 0 amide bonds. The molecule has 0 unspecified atom stereocenters. The van der Waals surface area contributed by atoms with Crippen molar-refractivity contribution in [2.75, 3.05) is 6.54 Å². The third-order valence-electron chi connectivity index (χ3n) is 4.81. The van der Waals surface area contributed by atoms with E-state index in [-0.39, 0.29) is 5.54 Å². The van der Waals surface area contributed by atoms with Crippen LogP contribution >= 0.6 is 0 Å². The van der Waals surface area contributed by atoms with Crippen molar-refractivity contribution in [3.63, 3.8) is 0 Å². The Balaban J connectivity index is 1.57. The van der Waals surface area contributed by atoms with Crippen molar-refractivity contribution in [1.29, 1.82) is 0 Å². The minimum absolute atomic E-state index is 0.248. The van der Waals surface area contributed by atoms with Gasteiger partial charge in [0.1, 0.15) is 0 Å². The second-order valence-corrected chi connectivity index (χ2v) is 6.76. The lowest BCUT2D eigenvalue weighted by Gasteiger charge is -2.18. The zero-order valence-electron chi connectivity index (χ0n) is 14.6. The fraction of sp³-hybridized carbons (Fsp3) is 0.391. The van der Waals surface area contributed by atoms with Gasteiger partial charge in [-0.15, -0.1) is 0 Å². The average Bonchev–Trinajstić information content (AvgIpc) is 3.42. The van der Waals surface area contributed by atoms with Gasteiger partial charge in [0.05, 0.1) is 0 Å². The smallest absolute Gasteiger partial charge is 0.0436 e. The number of unbranched alkanes of at least 4 members (excludes halogenated alkanes) is 3. The van der Waals surface area contributed by atoms with E-state index in [1.165, 1.54) is 44.1 Å². The maximum atomic E-state index is 3.79. The predicted molar refractivity (Wildman–Crippen MR) is 102 cm³/mol. The van der Waals surface area contributed by atoms with Crippen molar-refractivity contribution >= 4 is 0 Å². The van der Waals surface area contributed by atoms with Gasteiger partial charge in [-0.3, -0.25) is 0 Å². The molecule has 0 saturated heterocycles. The molecule has 24 heavy (non-hydrogen) atoms. The summed E-state index contributed by atoms with van der Waals surface area (Å²) in [5.74, 6) is 6.48. The van der Waals surface area contributed by atoms with E-state index in [1.54, 1.807) is 0 Å². The van der Waals surface area contributed by atoms with Crippen molar-refractivity contribution in [3.05, 3.63) is 71.3 Å². The third-order valence-corrected chi connectivity index (χ3v) is 4.81. The van der Waals surface area contributed by atoms with E-state index in [0.717, 1.165) is 17.7 Å². The van der Waals surface area contributed by atoms with Crippen LogP contribution in [0.15, 0.2) is 54.6 Å². The second kappa shape index (κ2) is 8.18. The number of rotatable bonds is 7. The molecule has 0 spiro atoms. The van der Waals surface area contributed by atoms with Crippen LogP contribution in [-0.2, 0) is 5.54 Å². The third kappa shape index (κ3) is 4.49. The fourth-order valence-electron chi connectivity index (χ4n) is 3.11. The van der Waals surface area contributed by atoms with Crippen LogP contribution in [0.3, 0.4) is 0 Å². The molecule has 0 heterocycles. The summed E-state index contributed by atoms with van der Waals surface area (Å²) in [6.07, 6.45) is 7.80. The van der Waals surface area contributed by atoms with Crippen molar-refractivity contribution in [1.82, 2.24) is 5.32 Å². The Morgan fingerprint density at radius 2 is 1.50 bits per heavy atom. The summed E-state index contributed by atoms with van der Waals surface area (Å²) < 4.78 is 0. The quantitative estimate of drug-likeness (QED) is 0.543. The Kier molecular flexibility index (Phi) is 5.72. The normalized spacial score (nSPS) is 14.7. The first-order chi connectivity index (χ1) is 11.8. The van der Waals surface area contributed by atoms with Crippen LogP contribution in [0.4, 0.5) is 0 Å². The molecule has 1 nitrogen and oxygen atoms in total. The highest BCUT2D eigenvalue weighted by molar-refractivity contribution is 5.44. The molecule has 1 saturated carbocycles. The summed E-state index contributed by atoms with van der Waals surface area (Å²) in [5.41, 5.74) is 3.82. The van der Waals surface area contributed by atoms with Gasteiger partial charge < -0.3 is 5.32 Å². The highest BCUT2D eigenvalue weighted by atomic mass is 15.0. The zero-order chi connectivity index (χ0) is 16.7. The van der Waals surface area contributed by atoms with E-state index in [2.05, 4.69) is 48.3 Å². The minimum Gasteiger partial charge on any atom is -0.307 e. The van der Waals surface area contributed by atoms with E-state index in [1.807, 2.05) is 30.3 Å². The van der Waals surface area contributed by atoms with Crippen LogP contribution in [0.25, 0.3) is 0 Å². The van der Waals surface area contributed by atoms with Gasteiger partial charge in [-0.25, -0.2) is 0 Å². The molecule has 2 aromatic rings. The molecule has 124 valence electrons. The van der Waals surface area contributed by atoms with Crippen molar-refractivity contribution in [3.8, 4) is 11.8 Å². The van der Waals surface area contributed by atoms with Gasteiger partial charge in [-0.2, -0.15) is 0 Å². The van der Waals surface area contributed by atoms with E-state index < -0.39 is 0 Å². The molecule has 1 aliphatic carbocycles. The Morgan fingerprint density at radius 3 is 2.12 bits per heavy atom. The first-order valence-electron chi connectivity index (χ1n) is 9.25. The van der Waals surface area contributed by atoms with Gasteiger partial charge in [0, 0.05) is 16.7 Å². The summed E-state index contributed by atoms with van der Waals surface area (Å²) in [4.78, 5) is 0. The highest BCUT2D eigenvalue weighted by Crippen LogP contribution is 2.45. The van der Waals surface area contributed by atoms with Crippen molar-refractivity contribution in [2.45, 2.75) is 51.0 Å². The Morgan fingerprint density at radius 1 is 0.833 bits per heavy atom. The van der Waals surface area contributed by atoms with Crippen LogP contribution < -0.4 is 5.32 Å². The largest absolute Gasteiger partial charge is 0.307 e. The topological polar surface area (TPSA) is 12.0 Å². The number of hydrogen-bond acceptors (Lipinski definition) is 1. The average molecular weight is 317 g/mol. The molecule has 0 aliphatic heterocycles. The minimum atomic E-state index is 0.248. The van der Waals surface area contributed by atoms with Crippen molar-refractivity contribution < 1.29 is 0 Å². The number of nitrogens with one attached hydrogen (secondary N) is 1. The summed E-state index contributed by atoms with van der Waals surface area (Å²) in [6.45, 7) is 3.40. The molecule has 0 radical (unpaired) electrons. The van der Waals surface area contributed by atoms with Crippen LogP contribution in [0.2, 0.25) is 0 Å². The van der Waals surface area contributed by atoms with Gasteiger partial charge in [0.15, 0.2) is 0 Å². The SMILES string of the molecule is CCCCCCNC1(c2ccc(C#Cc3ccccc3)cc2)CC1. The van der Waals surface area contributed by atoms with E-state index in [9.17, 15) is 0 Å². The summed E-state index contributed by atoms with van der Waals surface area (Å²) >= 11 is 0. The van der Waals surface area contributed by atoms with Gasteiger partial charge in [0.2, 0.25) is 0 Å². The molecular formula is C23H27N. The van der Waals surface area contributed by atoms with Crippen LogP contribution in [0, 0.1) is 11.8 Å². The van der Waals surface area contributed by atoms with E-state index in [0.29, 0.717) is 0 Å². The van der Waals surface area contributed by atoms with Gasteiger partial charge in [-0.1, -0.05) is 68.4 Å². The lowest BCUT2D eigenvalue weighted by Crippen LogP contribution is -2.29. The maximum absolute atomic E-state index is 3.79. The maximum Gasteiger partial charge on any atom is 0.0436 e. The van der Waals surface area contributed by atoms with Gasteiger partial charge >= 0.3 is 0 Å². The molecule has 3 rings (SSSR count). The first-order valence-corrected chi connectivity index (χ1v) is 9.25. The Labute approximate surface area is 146 Å². The molecular weight excluding hydrogens is 290 g/mol. The first kappa shape index (κ1) is 16.8. The lowest BCUT2D eigenvalue weighted by atomic mass is 10.0. The van der Waals surface area contributed by atoms with E-state index >= 15 is 0 Å². The van der Waals surface area contributed by atoms with Crippen LogP contribution in [-0.4, -0.2) is 6.54 Å². The lowest BCUT2D eigenvalue weighted by molar-refractivity contribution is 0.495. The van der Waals surface area contributed by atoms with Crippen molar-refractivity contribution in [2.24, 2.45) is 0 Å². The molecule has 2 aromatic carbocycles. The molecule has 1 N–H and O–H groups in total. The Bertz CT molecular complexity index is 684. The molecule has 0 bridgehead atoms. The highest BCUT2D eigenvalue weighted by Gasteiger charge is 2.43. The standard InChI is InChI=1S/C23H27N/c1-2-3-4-8-19-24-23(17-18-23)22-15-13-21(14-16-22)12-11-20-9-6-5-7-10-20/h5-7,9-10,13-16,24H,2-4,8,17-19H2,1H3. The molecule has 0 atom stereocenters.